The number of nitrogens with one attached hydrogen (secondary N) is 1. The van der Waals surface area contributed by atoms with Gasteiger partial charge in [0.2, 0.25) is 0 Å². The smallest absolute Gasteiger partial charge is 0.271 e. The first-order valence-electron chi connectivity index (χ1n) is 13.5. The highest BCUT2D eigenvalue weighted by molar-refractivity contribution is 7.98. The number of thioether (sulfide) groups is 1. The zero-order valence-corrected chi connectivity index (χ0v) is 25.1. The van der Waals surface area contributed by atoms with Crippen LogP contribution < -0.4 is 5.32 Å². The number of nitrogens with zero attached hydrogens (tertiary/aromatic N) is 4. The first-order chi connectivity index (χ1) is 21.1. The van der Waals surface area contributed by atoms with Gasteiger partial charge in [-0.25, -0.2) is 9.37 Å². The van der Waals surface area contributed by atoms with Gasteiger partial charge in [-0.3, -0.25) is 9.36 Å². The molecule has 0 saturated carbocycles. The van der Waals surface area contributed by atoms with Crippen LogP contribution in [0.5, 0.6) is 0 Å². The Morgan fingerprint density at radius 3 is 2.37 bits per heavy atom. The van der Waals surface area contributed by atoms with Gasteiger partial charge < -0.3 is 5.32 Å². The SMILES string of the molecule is O=C(NC(Cc1ccccc1)c1ccccc1)c1csc(CSc2nnc(-c3ccccc3Cl)n2-c2ccccc2F)n1. The standard InChI is InChI=1S/C33H25ClFN5OS2/c34-25-16-8-7-15-24(25)31-38-39-33(40(31)29-18-10-9-17-26(29)35)43-21-30-36-28(20-42-30)32(41)37-27(23-13-5-2-6-14-23)19-22-11-3-1-4-12-22/h1-18,20,27H,19,21H2,(H,37,41). The second kappa shape index (κ2) is 13.3. The maximum Gasteiger partial charge on any atom is 0.271 e. The van der Waals surface area contributed by atoms with Gasteiger partial charge in [0, 0.05) is 10.9 Å². The number of thiazole rings is 1. The van der Waals surface area contributed by atoms with E-state index in [4.69, 9.17) is 11.6 Å². The third-order valence-electron chi connectivity index (χ3n) is 6.74. The summed E-state index contributed by atoms with van der Waals surface area (Å²) in [6.07, 6.45) is 0.656. The Morgan fingerprint density at radius 1 is 0.907 bits per heavy atom. The van der Waals surface area contributed by atoms with E-state index in [1.807, 2.05) is 66.7 Å². The molecule has 43 heavy (non-hydrogen) atoms. The molecule has 2 aromatic heterocycles. The summed E-state index contributed by atoms with van der Waals surface area (Å²) < 4.78 is 16.6. The summed E-state index contributed by atoms with van der Waals surface area (Å²) in [5, 5.41) is 15.4. The van der Waals surface area contributed by atoms with Crippen molar-refractivity contribution in [1.29, 1.82) is 0 Å². The van der Waals surface area contributed by atoms with E-state index < -0.39 is 5.82 Å². The van der Waals surface area contributed by atoms with E-state index in [0.29, 0.717) is 45.1 Å². The monoisotopic (exact) mass is 625 g/mol. The summed E-state index contributed by atoms with van der Waals surface area (Å²) >= 11 is 9.21. The molecule has 0 fully saturated rings. The van der Waals surface area contributed by atoms with Crippen LogP contribution in [0.15, 0.2) is 120 Å². The van der Waals surface area contributed by atoms with Crippen molar-refractivity contribution in [2.45, 2.75) is 23.4 Å². The first-order valence-corrected chi connectivity index (χ1v) is 15.7. The zero-order valence-electron chi connectivity index (χ0n) is 22.7. The molecule has 6 aromatic rings. The Balaban J connectivity index is 1.21. The highest BCUT2D eigenvalue weighted by atomic mass is 35.5. The molecule has 0 aliphatic heterocycles. The third-order valence-corrected chi connectivity index (χ3v) is 9.04. The van der Waals surface area contributed by atoms with Crippen molar-refractivity contribution in [3.8, 4) is 17.1 Å². The molecule has 1 N–H and O–H groups in total. The molecule has 6 rings (SSSR count). The molecular formula is C33H25ClFN5OS2. The normalized spacial score (nSPS) is 11.8. The molecule has 0 aliphatic rings. The summed E-state index contributed by atoms with van der Waals surface area (Å²) in [4.78, 5) is 17.9. The van der Waals surface area contributed by atoms with Crippen molar-refractivity contribution in [2.75, 3.05) is 0 Å². The van der Waals surface area contributed by atoms with Crippen molar-refractivity contribution < 1.29 is 9.18 Å². The molecule has 1 unspecified atom stereocenters. The number of carbonyl (C=O) groups is 1. The number of rotatable bonds is 10. The Kier molecular flexibility index (Phi) is 8.93. The number of benzene rings is 4. The number of amides is 1. The number of halogens is 2. The van der Waals surface area contributed by atoms with Crippen molar-refractivity contribution in [1.82, 2.24) is 25.1 Å². The lowest BCUT2D eigenvalue weighted by atomic mass is 9.99. The molecule has 0 spiro atoms. The predicted octanol–water partition coefficient (Wildman–Crippen LogP) is 8.19. The largest absolute Gasteiger partial charge is 0.344 e. The second-order valence-corrected chi connectivity index (χ2v) is 11.9. The Morgan fingerprint density at radius 2 is 1.60 bits per heavy atom. The summed E-state index contributed by atoms with van der Waals surface area (Å²) in [5.74, 6) is 0.198. The number of para-hydroxylation sites is 1. The van der Waals surface area contributed by atoms with Gasteiger partial charge in [0.1, 0.15) is 16.5 Å². The molecule has 10 heteroatoms. The van der Waals surface area contributed by atoms with Gasteiger partial charge in [0.25, 0.3) is 5.91 Å². The fourth-order valence-corrected chi connectivity index (χ4v) is 6.62. The number of carbonyl (C=O) groups excluding carboxylic acids is 1. The second-order valence-electron chi connectivity index (χ2n) is 9.61. The van der Waals surface area contributed by atoms with Gasteiger partial charge in [-0.1, -0.05) is 108 Å². The molecule has 2 heterocycles. The number of aromatic nitrogens is 4. The molecule has 1 amide bonds. The zero-order chi connectivity index (χ0) is 29.6. The van der Waals surface area contributed by atoms with Crippen LogP contribution in [0, 0.1) is 5.82 Å². The summed E-state index contributed by atoms with van der Waals surface area (Å²) in [7, 11) is 0. The van der Waals surface area contributed by atoms with Gasteiger partial charge in [0.05, 0.1) is 22.5 Å². The lowest BCUT2D eigenvalue weighted by Crippen LogP contribution is -2.30. The third kappa shape index (κ3) is 6.69. The number of hydrogen-bond donors (Lipinski definition) is 1. The highest BCUT2D eigenvalue weighted by Gasteiger charge is 2.22. The summed E-state index contributed by atoms with van der Waals surface area (Å²) in [6, 6.07) is 33.5. The molecule has 6 nitrogen and oxygen atoms in total. The Hall–Kier alpha value is -4.31. The Labute approximate surface area is 261 Å². The molecule has 0 radical (unpaired) electrons. The fraction of sp³-hybridized carbons (Fsp3) is 0.0909. The van der Waals surface area contributed by atoms with Crippen LogP contribution in [0.3, 0.4) is 0 Å². The van der Waals surface area contributed by atoms with Gasteiger partial charge >= 0.3 is 0 Å². The van der Waals surface area contributed by atoms with E-state index in [9.17, 15) is 9.18 Å². The maximum atomic E-state index is 15.0. The average molecular weight is 626 g/mol. The van der Waals surface area contributed by atoms with Crippen molar-refractivity contribution in [2.24, 2.45) is 0 Å². The minimum absolute atomic E-state index is 0.210. The van der Waals surface area contributed by atoms with Crippen LogP contribution in [-0.4, -0.2) is 25.7 Å². The predicted molar refractivity (Wildman–Crippen MR) is 170 cm³/mol. The quantitative estimate of drug-likeness (QED) is 0.155. The highest BCUT2D eigenvalue weighted by Crippen LogP contribution is 2.34. The van der Waals surface area contributed by atoms with E-state index in [2.05, 4.69) is 32.6 Å². The van der Waals surface area contributed by atoms with Crippen LogP contribution >= 0.6 is 34.7 Å². The number of hydrogen-bond acceptors (Lipinski definition) is 6. The van der Waals surface area contributed by atoms with Crippen LogP contribution in [-0.2, 0) is 12.2 Å². The van der Waals surface area contributed by atoms with Gasteiger partial charge in [-0.05, 0) is 41.8 Å². The van der Waals surface area contributed by atoms with Gasteiger partial charge in [0.15, 0.2) is 11.0 Å². The van der Waals surface area contributed by atoms with Crippen LogP contribution in [0.1, 0.15) is 32.7 Å². The molecule has 0 saturated heterocycles. The van der Waals surface area contributed by atoms with Crippen LogP contribution in [0.4, 0.5) is 4.39 Å². The lowest BCUT2D eigenvalue weighted by molar-refractivity contribution is 0.0932. The van der Waals surface area contributed by atoms with E-state index in [1.54, 1.807) is 34.2 Å². The molecule has 0 aliphatic carbocycles. The van der Waals surface area contributed by atoms with E-state index in [0.717, 1.165) is 16.1 Å². The van der Waals surface area contributed by atoms with Crippen molar-refractivity contribution >= 4 is 40.6 Å². The van der Waals surface area contributed by atoms with Crippen molar-refractivity contribution in [3.63, 3.8) is 0 Å². The van der Waals surface area contributed by atoms with E-state index >= 15 is 0 Å². The van der Waals surface area contributed by atoms with E-state index in [1.165, 1.54) is 29.2 Å². The minimum atomic E-state index is -0.408. The fourth-order valence-electron chi connectivity index (χ4n) is 4.66. The van der Waals surface area contributed by atoms with Crippen LogP contribution in [0.2, 0.25) is 5.02 Å². The topological polar surface area (TPSA) is 72.7 Å². The molecule has 1 atom stereocenters. The molecule has 214 valence electrons. The Bertz CT molecular complexity index is 1840. The molecular weight excluding hydrogens is 601 g/mol. The first kappa shape index (κ1) is 28.8. The van der Waals surface area contributed by atoms with Gasteiger partial charge in [-0.15, -0.1) is 21.5 Å². The summed E-state index contributed by atoms with van der Waals surface area (Å²) in [5.41, 5.74) is 3.45. The molecule has 0 bridgehead atoms. The maximum absolute atomic E-state index is 15.0. The lowest BCUT2D eigenvalue weighted by Gasteiger charge is -2.19. The van der Waals surface area contributed by atoms with Gasteiger partial charge in [-0.2, -0.15) is 0 Å². The average Bonchev–Trinajstić information content (AvgIpc) is 3.69. The van der Waals surface area contributed by atoms with E-state index in [-0.39, 0.29) is 11.9 Å². The molecule has 4 aromatic carbocycles. The van der Waals surface area contributed by atoms with Crippen LogP contribution in [0.25, 0.3) is 17.1 Å². The van der Waals surface area contributed by atoms with Crippen molar-refractivity contribution in [3.05, 3.63) is 147 Å². The summed E-state index contributed by atoms with van der Waals surface area (Å²) in [6.45, 7) is 0. The minimum Gasteiger partial charge on any atom is -0.344 e.